The van der Waals surface area contributed by atoms with Gasteiger partial charge in [0.25, 0.3) is 0 Å². The highest BCUT2D eigenvalue weighted by atomic mass is 16.7. The lowest BCUT2D eigenvalue weighted by Gasteiger charge is -2.39. The van der Waals surface area contributed by atoms with E-state index in [2.05, 4.69) is 19.7 Å². The molecule has 1 aliphatic rings. The summed E-state index contributed by atoms with van der Waals surface area (Å²) >= 11 is 0. The lowest BCUT2D eigenvalue weighted by Crippen LogP contribution is -2.59. The molecule has 250 valence electrons. The van der Waals surface area contributed by atoms with E-state index in [0.717, 1.165) is 16.7 Å². The van der Waals surface area contributed by atoms with E-state index < -0.39 is 36.7 Å². The monoisotopic (exact) mass is 644 g/mol. The first-order chi connectivity index (χ1) is 22.9. The van der Waals surface area contributed by atoms with E-state index in [0.29, 0.717) is 36.7 Å². The van der Waals surface area contributed by atoms with Crippen molar-refractivity contribution in [3.05, 3.63) is 139 Å². The van der Waals surface area contributed by atoms with E-state index in [9.17, 15) is 20.1 Å². The molecule has 3 aromatic carbocycles. The van der Waals surface area contributed by atoms with E-state index in [1.807, 2.05) is 73.7 Å². The number of aliphatic hydroxyl groups excluding tert-OH is 3. The predicted molar refractivity (Wildman–Crippen MR) is 180 cm³/mol. The molecule has 0 bridgehead atoms. The van der Waals surface area contributed by atoms with Gasteiger partial charge in [-0.3, -0.25) is 0 Å². The van der Waals surface area contributed by atoms with Crippen LogP contribution in [0.1, 0.15) is 30.0 Å². The molecule has 0 aliphatic carbocycles. The average molecular weight is 645 g/mol. The summed E-state index contributed by atoms with van der Waals surface area (Å²) < 4.78 is 28.7. The first kappa shape index (κ1) is 37.0. The lowest BCUT2D eigenvalue weighted by molar-refractivity contribution is -0.301. The number of benzene rings is 3. The van der Waals surface area contributed by atoms with Gasteiger partial charge in [-0.15, -0.1) is 13.2 Å². The molecular weight excluding hydrogens is 600 g/mol. The molecule has 3 aromatic rings. The van der Waals surface area contributed by atoms with Crippen LogP contribution in [-0.2, 0) is 32.2 Å². The number of aliphatic hydroxyl groups is 3. The Morgan fingerprint density at radius 2 is 1.47 bits per heavy atom. The summed E-state index contributed by atoms with van der Waals surface area (Å²) in [6.45, 7) is 12.1. The zero-order valence-corrected chi connectivity index (χ0v) is 26.6. The van der Waals surface area contributed by atoms with Crippen molar-refractivity contribution in [3.8, 4) is 11.5 Å². The lowest BCUT2D eigenvalue weighted by atomic mass is 9.99. The number of allylic oxidation sites excluding steroid dienone is 2. The van der Waals surface area contributed by atoms with E-state index in [4.69, 9.17) is 23.7 Å². The molecule has 0 radical (unpaired) electrons. The van der Waals surface area contributed by atoms with Crippen LogP contribution in [0.5, 0.6) is 11.5 Å². The molecule has 47 heavy (non-hydrogen) atoms. The van der Waals surface area contributed by atoms with Crippen LogP contribution in [0.3, 0.4) is 0 Å². The molecule has 5 unspecified atom stereocenters. The molecule has 0 spiro atoms. The number of hydrogen-bond acceptors (Lipinski definition) is 9. The topological polar surface area (TPSA) is 124 Å². The van der Waals surface area contributed by atoms with Crippen molar-refractivity contribution < 1.29 is 43.8 Å². The molecular formula is C38H44O9. The van der Waals surface area contributed by atoms with Gasteiger partial charge >= 0.3 is 5.97 Å². The average Bonchev–Trinajstić information content (AvgIpc) is 3.12. The van der Waals surface area contributed by atoms with E-state index in [1.165, 1.54) is 6.08 Å². The molecule has 9 heteroatoms. The highest BCUT2D eigenvalue weighted by Crippen LogP contribution is 2.31. The molecule has 5 atom stereocenters. The second-order valence-electron chi connectivity index (χ2n) is 10.4. The third-order valence-electron chi connectivity index (χ3n) is 7.22. The van der Waals surface area contributed by atoms with Gasteiger partial charge in [0, 0.05) is 6.08 Å². The smallest absolute Gasteiger partial charge is 0.330 e. The maximum Gasteiger partial charge on any atom is 0.330 e. The van der Waals surface area contributed by atoms with Crippen LogP contribution in [-0.4, -0.2) is 65.2 Å². The van der Waals surface area contributed by atoms with Crippen LogP contribution in [0.25, 0.3) is 6.08 Å². The van der Waals surface area contributed by atoms with Crippen molar-refractivity contribution in [2.75, 3.05) is 13.2 Å². The van der Waals surface area contributed by atoms with Gasteiger partial charge in [-0.2, -0.15) is 0 Å². The Morgan fingerprint density at radius 1 is 0.851 bits per heavy atom. The second kappa shape index (κ2) is 19.9. The van der Waals surface area contributed by atoms with Crippen LogP contribution in [0.4, 0.5) is 0 Å². The number of carbonyl (C=O) groups is 1. The first-order valence-electron chi connectivity index (χ1n) is 15.3. The Balaban J connectivity index is 0.00000294. The summed E-state index contributed by atoms with van der Waals surface area (Å²) in [5.74, 6) is 0.378. The quantitative estimate of drug-likeness (QED) is 0.0846. The molecule has 0 amide bonds. The molecule has 1 saturated heterocycles. The summed E-state index contributed by atoms with van der Waals surface area (Å²) in [6, 6.07) is 24.9. The zero-order chi connectivity index (χ0) is 34.0. The fourth-order valence-corrected chi connectivity index (χ4v) is 4.56. The highest BCUT2D eigenvalue weighted by molar-refractivity contribution is 5.87. The number of hydrogen-bond donors (Lipinski definition) is 3. The highest BCUT2D eigenvalue weighted by Gasteiger charge is 2.44. The molecule has 4 rings (SSSR count). The Kier molecular flexibility index (Phi) is 15.6. The van der Waals surface area contributed by atoms with Crippen LogP contribution in [0, 0.1) is 0 Å². The van der Waals surface area contributed by atoms with Crippen molar-refractivity contribution >= 4 is 12.0 Å². The summed E-state index contributed by atoms with van der Waals surface area (Å²) in [7, 11) is 0. The van der Waals surface area contributed by atoms with Crippen LogP contribution in [0.15, 0.2) is 122 Å². The Bertz CT molecular complexity index is 1440. The van der Waals surface area contributed by atoms with Crippen LogP contribution >= 0.6 is 0 Å². The normalized spacial score (nSPS) is 20.9. The maximum absolute atomic E-state index is 12.6. The molecule has 9 nitrogen and oxygen atoms in total. The molecule has 0 saturated carbocycles. The van der Waals surface area contributed by atoms with Gasteiger partial charge in [-0.1, -0.05) is 91.0 Å². The van der Waals surface area contributed by atoms with Gasteiger partial charge in [0.1, 0.15) is 44.2 Å². The van der Waals surface area contributed by atoms with Gasteiger partial charge in [-0.05, 0) is 48.2 Å². The molecule has 1 aliphatic heterocycles. The fraction of sp³-hybridized carbons (Fsp3) is 0.289. The largest absolute Gasteiger partial charge is 0.485 e. The standard InChI is InChI=1S/C36H40O9.C2H4/c1-3-25(4-2)19-20-41-36-35(40)34(39)33(38)31(45-36)24-44-32(37)18-16-26-15-17-29(42-22-27-11-7-5-8-12-27)30(21-26)43-23-28-13-9-6-10-14-28;1-2/h3-18,21,31,33-36,38-40H,1,19-20,22-24H2,2H3;1-2H2/b18-16+,25-4+;. The van der Waals surface area contributed by atoms with Crippen LogP contribution < -0.4 is 9.47 Å². The van der Waals surface area contributed by atoms with E-state index >= 15 is 0 Å². The van der Waals surface area contributed by atoms with E-state index in [-0.39, 0.29) is 13.2 Å². The molecule has 3 N–H and O–H groups in total. The van der Waals surface area contributed by atoms with Crippen molar-refractivity contribution in [2.24, 2.45) is 0 Å². The van der Waals surface area contributed by atoms with Crippen molar-refractivity contribution in [2.45, 2.75) is 57.3 Å². The summed E-state index contributed by atoms with van der Waals surface area (Å²) in [5, 5.41) is 31.0. The summed E-state index contributed by atoms with van der Waals surface area (Å²) in [4.78, 5) is 12.6. The summed E-state index contributed by atoms with van der Waals surface area (Å²) in [5.41, 5.74) is 3.62. The van der Waals surface area contributed by atoms with Gasteiger partial charge in [-0.25, -0.2) is 4.79 Å². The van der Waals surface area contributed by atoms with Crippen molar-refractivity contribution in [3.63, 3.8) is 0 Å². The van der Waals surface area contributed by atoms with Crippen molar-refractivity contribution in [1.29, 1.82) is 0 Å². The van der Waals surface area contributed by atoms with Gasteiger partial charge in [0.15, 0.2) is 17.8 Å². The van der Waals surface area contributed by atoms with Gasteiger partial charge < -0.3 is 39.0 Å². The molecule has 1 heterocycles. The van der Waals surface area contributed by atoms with Gasteiger partial charge in [0.2, 0.25) is 0 Å². The second-order valence-corrected chi connectivity index (χ2v) is 10.4. The molecule has 0 aromatic heterocycles. The van der Waals surface area contributed by atoms with Crippen LogP contribution in [0.2, 0.25) is 0 Å². The molecule has 1 fully saturated rings. The SMILES string of the molecule is C=C.C=C/C(=C\C)CCOC1OC(COC(=O)/C=C/c2ccc(OCc3ccccc3)c(OCc3ccccc3)c2)C(O)C(O)C1O. The number of esters is 1. The number of carbonyl (C=O) groups excluding carboxylic acids is 1. The fourth-order valence-electron chi connectivity index (χ4n) is 4.56. The minimum atomic E-state index is -1.54. The predicted octanol–water partition coefficient (Wildman–Crippen LogP) is 5.55. The summed E-state index contributed by atoms with van der Waals surface area (Å²) in [6.07, 6.45) is 0.107. The Morgan fingerprint density at radius 3 is 2.06 bits per heavy atom. The Hall–Kier alpha value is -4.51. The Labute approximate surface area is 276 Å². The third-order valence-corrected chi connectivity index (χ3v) is 7.22. The van der Waals surface area contributed by atoms with Crippen molar-refractivity contribution in [1.82, 2.24) is 0 Å². The van der Waals surface area contributed by atoms with Gasteiger partial charge in [0.05, 0.1) is 6.61 Å². The minimum absolute atomic E-state index is 0.193. The number of rotatable bonds is 15. The minimum Gasteiger partial charge on any atom is -0.485 e. The number of ether oxygens (including phenoxy) is 5. The van der Waals surface area contributed by atoms with E-state index in [1.54, 1.807) is 30.4 Å². The third kappa shape index (κ3) is 11.7. The maximum atomic E-state index is 12.6. The zero-order valence-electron chi connectivity index (χ0n) is 26.6. The first-order valence-corrected chi connectivity index (χ1v) is 15.3.